The van der Waals surface area contributed by atoms with E-state index >= 15 is 0 Å². The predicted molar refractivity (Wildman–Crippen MR) is 69.3 cm³/mol. The Morgan fingerprint density at radius 3 is 2.88 bits per heavy atom. The van der Waals surface area contributed by atoms with Crippen LogP contribution in [0.4, 0.5) is 0 Å². The number of ether oxygens (including phenoxy) is 1. The lowest BCUT2D eigenvalue weighted by atomic mass is 10.0. The maximum absolute atomic E-state index is 9.22. The molecule has 1 atom stereocenters. The maximum Gasteiger partial charge on any atom is 0.207 e. The Bertz CT molecular complexity index is 416. The summed E-state index contributed by atoms with van der Waals surface area (Å²) in [4.78, 5) is 0. The first-order valence-electron chi connectivity index (χ1n) is 4.82. The first-order valence-corrected chi connectivity index (χ1v) is 7.03. The summed E-state index contributed by atoms with van der Waals surface area (Å²) in [7, 11) is 1.64. The van der Waals surface area contributed by atoms with Crippen LogP contribution >= 0.6 is 23.5 Å². The second-order valence-corrected chi connectivity index (χ2v) is 5.75. The number of nitrogens with zero attached hydrogens (tertiary/aromatic N) is 1. The van der Waals surface area contributed by atoms with Gasteiger partial charge in [0.05, 0.1) is 0 Å². The van der Waals surface area contributed by atoms with E-state index in [4.69, 9.17) is 4.74 Å². The summed E-state index contributed by atoms with van der Waals surface area (Å²) in [5, 5.41) is 12.7. The molecule has 16 heavy (non-hydrogen) atoms. The van der Waals surface area contributed by atoms with Crippen molar-refractivity contribution in [3.63, 3.8) is 0 Å². The molecule has 1 heterocycles. The second-order valence-electron chi connectivity index (χ2n) is 3.36. The van der Waals surface area contributed by atoms with Gasteiger partial charge in [0.2, 0.25) is 4.27 Å². The van der Waals surface area contributed by atoms with Crippen LogP contribution in [0.1, 0.15) is 11.1 Å². The van der Waals surface area contributed by atoms with Crippen molar-refractivity contribution in [1.82, 2.24) is 0 Å². The largest absolute Gasteiger partial charge is 0.410 e. The lowest BCUT2D eigenvalue weighted by Gasteiger charge is -2.34. The third-order valence-electron chi connectivity index (χ3n) is 2.62. The highest BCUT2D eigenvalue weighted by molar-refractivity contribution is 8.18. The predicted octanol–water partition coefficient (Wildman–Crippen LogP) is 2.77. The maximum atomic E-state index is 9.22. The molecule has 0 bridgehead atoms. The summed E-state index contributed by atoms with van der Waals surface area (Å²) in [6.07, 6.45) is 1.95. The zero-order valence-electron chi connectivity index (χ0n) is 9.14. The third-order valence-corrected chi connectivity index (χ3v) is 5.56. The molecular weight excluding hydrogens is 242 g/mol. The van der Waals surface area contributed by atoms with Gasteiger partial charge in [-0.05, 0) is 11.8 Å². The average molecular weight is 255 g/mol. The van der Waals surface area contributed by atoms with Crippen LogP contribution in [0.3, 0.4) is 0 Å². The van der Waals surface area contributed by atoms with Gasteiger partial charge in [0.25, 0.3) is 0 Å². The Balaban J connectivity index is 2.53. The number of oxime groups is 1. The molecule has 0 radical (unpaired) electrons. The molecule has 0 spiro atoms. The fourth-order valence-corrected chi connectivity index (χ4v) is 3.95. The minimum absolute atomic E-state index is 0.592. The fraction of sp³-hybridized carbons (Fsp3) is 0.364. The number of thioether (sulfide) groups is 2. The lowest BCUT2D eigenvalue weighted by molar-refractivity contribution is 0.190. The Hall–Kier alpha value is -0.650. The smallest absolute Gasteiger partial charge is 0.207 e. The van der Waals surface area contributed by atoms with Gasteiger partial charge in [-0.2, -0.15) is 0 Å². The topological polar surface area (TPSA) is 41.8 Å². The summed E-state index contributed by atoms with van der Waals surface area (Å²) < 4.78 is 4.93. The van der Waals surface area contributed by atoms with E-state index in [2.05, 4.69) is 5.16 Å². The molecule has 1 aromatic rings. The van der Waals surface area contributed by atoms with Crippen LogP contribution in [0.5, 0.6) is 0 Å². The molecule has 0 saturated carbocycles. The van der Waals surface area contributed by atoms with E-state index in [0.717, 1.165) is 11.3 Å². The van der Waals surface area contributed by atoms with E-state index in [1.807, 2.05) is 30.5 Å². The Labute approximate surface area is 103 Å². The molecule has 0 aliphatic carbocycles. The van der Waals surface area contributed by atoms with Crippen molar-refractivity contribution in [3.05, 3.63) is 35.4 Å². The Morgan fingerprint density at radius 1 is 1.50 bits per heavy atom. The molecule has 1 unspecified atom stereocenters. The highest BCUT2D eigenvalue weighted by Crippen LogP contribution is 2.45. The summed E-state index contributed by atoms with van der Waals surface area (Å²) in [6.45, 7) is 0. The van der Waals surface area contributed by atoms with Gasteiger partial charge in [-0.1, -0.05) is 29.4 Å². The van der Waals surface area contributed by atoms with Crippen LogP contribution in [-0.2, 0) is 10.5 Å². The molecule has 5 heteroatoms. The number of fused-ring (bicyclic) bond motifs is 1. The van der Waals surface area contributed by atoms with Crippen molar-refractivity contribution in [2.75, 3.05) is 13.4 Å². The molecule has 0 fully saturated rings. The standard InChI is InChI=1S/C11H13NO2S2/c1-14-11(15-2)10(12-13)9-6-4-3-5-8(9)7-16-11/h3-6,13H,7H2,1-2H3/b12-10-. The molecule has 1 aliphatic rings. The number of rotatable bonds is 2. The number of hydrogen-bond acceptors (Lipinski definition) is 5. The molecule has 3 nitrogen and oxygen atoms in total. The lowest BCUT2D eigenvalue weighted by Crippen LogP contribution is -2.37. The molecule has 86 valence electrons. The first-order chi connectivity index (χ1) is 7.77. The molecule has 2 rings (SSSR count). The van der Waals surface area contributed by atoms with Crippen LogP contribution in [0.25, 0.3) is 0 Å². The van der Waals surface area contributed by atoms with E-state index in [0.29, 0.717) is 5.71 Å². The monoisotopic (exact) mass is 255 g/mol. The van der Waals surface area contributed by atoms with Crippen molar-refractivity contribution < 1.29 is 9.94 Å². The molecule has 0 aromatic heterocycles. The van der Waals surface area contributed by atoms with Crippen molar-refractivity contribution >= 4 is 29.2 Å². The zero-order valence-corrected chi connectivity index (χ0v) is 10.8. The minimum Gasteiger partial charge on any atom is -0.410 e. The summed E-state index contributed by atoms with van der Waals surface area (Å²) in [5.41, 5.74) is 2.75. The molecule has 0 saturated heterocycles. The van der Waals surface area contributed by atoms with Crippen molar-refractivity contribution in [1.29, 1.82) is 0 Å². The van der Waals surface area contributed by atoms with Gasteiger partial charge in [0.15, 0.2) is 0 Å². The SMILES string of the molecule is COC1(SC)SCc2ccccc2/C1=N/O. The molecule has 1 aliphatic heterocycles. The Kier molecular flexibility index (Phi) is 3.47. The second kappa shape index (κ2) is 4.69. The van der Waals surface area contributed by atoms with Gasteiger partial charge in [-0.3, -0.25) is 0 Å². The zero-order chi connectivity index (χ0) is 11.6. The van der Waals surface area contributed by atoms with Crippen LogP contribution < -0.4 is 0 Å². The quantitative estimate of drug-likeness (QED) is 0.501. The summed E-state index contributed by atoms with van der Waals surface area (Å²) >= 11 is 3.18. The molecule has 1 N–H and O–H groups in total. The van der Waals surface area contributed by atoms with Gasteiger partial charge < -0.3 is 9.94 Å². The van der Waals surface area contributed by atoms with Crippen LogP contribution in [0.15, 0.2) is 29.4 Å². The van der Waals surface area contributed by atoms with Gasteiger partial charge in [0, 0.05) is 18.4 Å². The molecule has 1 aromatic carbocycles. The van der Waals surface area contributed by atoms with Crippen molar-refractivity contribution in [3.8, 4) is 0 Å². The average Bonchev–Trinajstić information content (AvgIpc) is 2.37. The van der Waals surface area contributed by atoms with Gasteiger partial charge >= 0.3 is 0 Å². The van der Waals surface area contributed by atoms with Crippen molar-refractivity contribution in [2.45, 2.75) is 10.0 Å². The minimum atomic E-state index is -0.594. The van der Waals surface area contributed by atoms with Gasteiger partial charge in [-0.15, -0.1) is 23.5 Å². The number of methoxy groups -OCH3 is 1. The number of benzene rings is 1. The van der Waals surface area contributed by atoms with E-state index in [9.17, 15) is 5.21 Å². The number of hydrogen-bond donors (Lipinski definition) is 1. The van der Waals surface area contributed by atoms with Crippen molar-refractivity contribution in [2.24, 2.45) is 5.16 Å². The Morgan fingerprint density at radius 2 is 2.25 bits per heavy atom. The van der Waals surface area contributed by atoms with E-state index in [1.165, 1.54) is 17.3 Å². The highest BCUT2D eigenvalue weighted by Gasteiger charge is 2.41. The normalized spacial score (nSPS) is 26.8. The van der Waals surface area contributed by atoms with Crippen LogP contribution in [0, 0.1) is 0 Å². The fourth-order valence-electron chi connectivity index (χ4n) is 1.79. The third kappa shape index (κ3) is 1.73. The van der Waals surface area contributed by atoms with Crippen LogP contribution in [0.2, 0.25) is 0 Å². The van der Waals surface area contributed by atoms with E-state index in [-0.39, 0.29) is 0 Å². The van der Waals surface area contributed by atoms with E-state index < -0.39 is 4.27 Å². The van der Waals surface area contributed by atoms with Crippen LogP contribution in [-0.4, -0.2) is 28.5 Å². The molecule has 0 amide bonds. The summed E-state index contributed by atoms with van der Waals surface area (Å²) in [6, 6.07) is 7.95. The molecular formula is C11H13NO2S2. The van der Waals surface area contributed by atoms with E-state index in [1.54, 1.807) is 18.9 Å². The first kappa shape index (κ1) is 11.8. The highest BCUT2D eigenvalue weighted by atomic mass is 32.2. The van der Waals surface area contributed by atoms with Gasteiger partial charge in [-0.25, -0.2) is 0 Å². The summed E-state index contributed by atoms with van der Waals surface area (Å²) in [5.74, 6) is 0.865. The van der Waals surface area contributed by atoms with Gasteiger partial charge in [0.1, 0.15) is 5.71 Å².